The lowest BCUT2D eigenvalue weighted by Gasteiger charge is -2.10. The van der Waals surface area contributed by atoms with E-state index < -0.39 is 0 Å². The lowest BCUT2D eigenvalue weighted by molar-refractivity contribution is 0.532. The van der Waals surface area contributed by atoms with Crippen molar-refractivity contribution in [3.05, 3.63) is 41.7 Å². The number of nitrogens with zero attached hydrogens (tertiary/aromatic N) is 2. The predicted octanol–water partition coefficient (Wildman–Crippen LogP) is 3.15. The van der Waals surface area contributed by atoms with Gasteiger partial charge in [-0.3, -0.25) is 4.68 Å². The lowest BCUT2D eigenvalue weighted by Crippen LogP contribution is -2.12. The van der Waals surface area contributed by atoms with E-state index in [2.05, 4.69) is 24.3 Å². The number of anilines is 2. The van der Waals surface area contributed by atoms with Crippen LogP contribution in [0, 0.1) is 6.92 Å². The summed E-state index contributed by atoms with van der Waals surface area (Å²) in [6.45, 7) is 6.21. The van der Waals surface area contributed by atoms with Crippen LogP contribution in [-0.2, 0) is 0 Å². The molecule has 1 aromatic carbocycles. The topological polar surface area (TPSA) is 55.9 Å². The van der Waals surface area contributed by atoms with E-state index in [4.69, 9.17) is 18.0 Å². The Labute approximate surface area is 118 Å². The van der Waals surface area contributed by atoms with Crippen molar-refractivity contribution in [2.75, 3.05) is 5.32 Å². The van der Waals surface area contributed by atoms with E-state index in [9.17, 15) is 0 Å². The van der Waals surface area contributed by atoms with Crippen LogP contribution in [0.4, 0.5) is 11.4 Å². The zero-order valence-corrected chi connectivity index (χ0v) is 12.2. The highest BCUT2D eigenvalue weighted by molar-refractivity contribution is 7.80. The standard InChI is InChI=1S/C14H18N4S/c1-9(2)18-8-11(7-16-18)17-13-6-10(3)4-5-12(13)14(15)19/h4-9,17H,1-3H3,(H2,15,19). The van der Waals surface area contributed by atoms with Crippen molar-refractivity contribution in [3.8, 4) is 0 Å². The van der Waals surface area contributed by atoms with Gasteiger partial charge in [-0.15, -0.1) is 0 Å². The molecule has 19 heavy (non-hydrogen) atoms. The molecule has 2 rings (SSSR count). The Hall–Kier alpha value is -1.88. The highest BCUT2D eigenvalue weighted by Gasteiger charge is 2.08. The third-order valence-corrected chi connectivity index (χ3v) is 3.07. The van der Waals surface area contributed by atoms with Gasteiger partial charge in [0.2, 0.25) is 0 Å². The Morgan fingerprint density at radius 1 is 1.42 bits per heavy atom. The van der Waals surface area contributed by atoms with Gasteiger partial charge in [-0.05, 0) is 38.5 Å². The number of benzene rings is 1. The number of hydrogen-bond acceptors (Lipinski definition) is 3. The minimum atomic E-state index is 0.336. The average molecular weight is 274 g/mol. The first-order valence-electron chi connectivity index (χ1n) is 6.19. The maximum Gasteiger partial charge on any atom is 0.106 e. The summed E-state index contributed by atoms with van der Waals surface area (Å²) >= 11 is 5.07. The number of hydrogen-bond donors (Lipinski definition) is 2. The van der Waals surface area contributed by atoms with Crippen molar-refractivity contribution in [3.63, 3.8) is 0 Å². The number of aromatic nitrogens is 2. The molecule has 0 fully saturated rings. The predicted molar refractivity (Wildman–Crippen MR) is 83.0 cm³/mol. The molecule has 0 bridgehead atoms. The largest absolute Gasteiger partial charge is 0.389 e. The molecule has 0 saturated heterocycles. The monoisotopic (exact) mass is 274 g/mol. The van der Waals surface area contributed by atoms with E-state index >= 15 is 0 Å². The van der Waals surface area contributed by atoms with Gasteiger partial charge in [0.05, 0.1) is 11.9 Å². The normalized spacial score (nSPS) is 10.7. The van der Waals surface area contributed by atoms with E-state index in [1.54, 1.807) is 6.20 Å². The van der Waals surface area contributed by atoms with Crippen molar-refractivity contribution < 1.29 is 0 Å². The fourth-order valence-corrected chi connectivity index (χ4v) is 1.99. The van der Waals surface area contributed by atoms with E-state index in [0.29, 0.717) is 11.0 Å². The molecule has 0 aliphatic heterocycles. The Kier molecular flexibility index (Phi) is 3.85. The van der Waals surface area contributed by atoms with Crippen molar-refractivity contribution in [2.45, 2.75) is 26.8 Å². The third kappa shape index (κ3) is 3.12. The molecule has 100 valence electrons. The molecule has 0 radical (unpaired) electrons. The first-order valence-corrected chi connectivity index (χ1v) is 6.60. The van der Waals surface area contributed by atoms with Crippen LogP contribution in [0.2, 0.25) is 0 Å². The molecule has 5 heteroatoms. The van der Waals surface area contributed by atoms with Gasteiger partial charge in [0.15, 0.2) is 0 Å². The molecule has 3 N–H and O–H groups in total. The SMILES string of the molecule is Cc1ccc(C(N)=S)c(Nc2cnn(C(C)C)c2)c1. The molecular formula is C14H18N4S. The summed E-state index contributed by atoms with van der Waals surface area (Å²) in [4.78, 5) is 0.388. The Bertz CT molecular complexity index is 601. The summed E-state index contributed by atoms with van der Waals surface area (Å²) in [5.41, 5.74) is 9.58. The molecule has 1 heterocycles. The fourth-order valence-electron chi connectivity index (χ4n) is 1.82. The summed E-state index contributed by atoms with van der Waals surface area (Å²) < 4.78 is 1.90. The number of rotatable bonds is 4. The molecule has 4 nitrogen and oxygen atoms in total. The van der Waals surface area contributed by atoms with Crippen molar-refractivity contribution >= 4 is 28.6 Å². The number of nitrogens with one attached hydrogen (secondary N) is 1. The van der Waals surface area contributed by atoms with Crippen LogP contribution in [-0.4, -0.2) is 14.8 Å². The first-order chi connectivity index (χ1) is 8.97. The minimum Gasteiger partial charge on any atom is -0.389 e. The molecule has 0 unspecified atom stereocenters. The van der Waals surface area contributed by atoms with Gasteiger partial charge < -0.3 is 11.1 Å². The summed E-state index contributed by atoms with van der Waals surface area (Å²) in [5, 5.41) is 7.62. The second kappa shape index (κ2) is 5.40. The van der Waals surface area contributed by atoms with Gasteiger partial charge in [-0.2, -0.15) is 5.10 Å². The minimum absolute atomic E-state index is 0.336. The van der Waals surface area contributed by atoms with Gasteiger partial charge in [0, 0.05) is 23.5 Å². The van der Waals surface area contributed by atoms with E-state index in [-0.39, 0.29) is 0 Å². The van der Waals surface area contributed by atoms with Gasteiger partial charge >= 0.3 is 0 Å². The maximum atomic E-state index is 5.74. The molecule has 0 aliphatic carbocycles. The van der Waals surface area contributed by atoms with E-state index in [0.717, 1.165) is 22.5 Å². The molecule has 0 saturated carbocycles. The summed E-state index contributed by atoms with van der Waals surface area (Å²) in [6, 6.07) is 6.30. The van der Waals surface area contributed by atoms with Crippen molar-refractivity contribution in [2.24, 2.45) is 5.73 Å². The molecule has 0 spiro atoms. The summed E-state index contributed by atoms with van der Waals surface area (Å²) in [7, 11) is 0. The van der Waals surface area contributed by atoms with Gasteiger partial charge in [-0.25, -0.2) is 0 Å². The fraction of sp³-hybridized carbons (Fsp3) is 0.286. The van der Waals surface area contributed by atoms with Crippen molar-refractivity contribution in [1.82, 2.24) is 9.78 Å². The highest BCUT2D eigenvalue weighted by atomic mass is 32.1. The van der Waals surface area contributed by atoms with Crippen LogP contribution < -0.4 is 11.1 Å². The van der Waals surface area contributed by atoms with Crippen LogP contribution in [0.1, 0.15) is 31.0 Å². The first kappa shape index (κ1) is 13.5. The van der Waals surface area contributed by atoms with Crippen molar-refractivity contribution in [1.29, 1.82) is 0 Å². The number of aryl methyl sites for hydroxylation is 1. The zero-order chi connectivity index (χ0) is 14.0. The molecule has 1 aromatic heterocycles. The van der Waals surface area contributed by atoms with Crippen LogP contribution in [0.25, 0.3) is 0 Å². The Morgan fingerprint density at radius 2 is 2.16 bits per heavy atom. The molecule has 2 aromatic rings. The molecule has 0 atom stereocenters. The van der Waals surface area contributed by atoms with Gasteiger partial charge in [0.25, 0.3) is 0 Å². The summed E-state index contributed by atoms with van der Waals surface area (Å²) in [6.07, 6.45) is 3.77. The van der Waals surface area contributed by atoms with E-state index in [1.807, 2.05) is 36.0 Å². The second-order valence-corrected chi connectivity index (χ2v) is 5.28. The number of nitrogens with two attached hydrogens (primary N) is 1. The Morgan fingerprint density at radius 3 is 2.74 bits per heavy atom. The van der Waals surface area contributed by atoms with Crippen LogP contribution in [0.3, 0.4) is 0 Å². The van der Waals surface area contributed by atoms with Crippen LogP contribution in [0.5, 0.6) is 0 Å². The van der Waals surface area contributed by atoms with Gasteiger partial charge in [-0.1, -0.05) is 18.3 Å². The zero-order valence-electron chi connectivity index (χ0n) is 11.3. The summed E-state index contributed by atoms with van der Waals surface area (Å²) in [5.74, 6) is 0. The lowest BCUT2D eigenvalue weighted by atomic mass is 10.1. The third-order valence-electron chi connectivity index (χ3n) is 2.85. The van der Waals surface area contributed by atoms with E-state index in [1.165, 1.54) is 0 Å². The number of thiocarbonyl (C=S) groups is 1. The van der Waals surface area contributed by atoms with Crippen LogP contribution in [0.15, 0.2) is 30.6 Å². The maximum absolute atomic E-state index is 5.74. The highest BCUT2D eigenvalue weighted by Crippen LogP contribution is 2.22. The smallest absolute Gasteiger partial charge is 0.106 e. The molecule has 0 amide bonds. The quantitative estimate of drug-likeness (QED) is 0.841. The molecular weight excluding hydrogens is 256 g/mol. The average Bonchev–Trinajstić information content (AvgIpc) is 2.77. The second-order valence-electron chi connectivity index (χ2n) is 4.84. The molecule has 0 aliphatic rings. The Balaban J connectivity index is 2.31. The van der Waals surface area contributed by atoms with Gasteiger partial charge in [0.1, 0.15) is 4.99 Å². The van der Waals surface area contributed by atoms with Crippen LogP contribution >= 0.6 is 12.2 Å².